The molecule has 0 spiro atoms. The zero-order chi connectivity index (χ0) is 22.5. The van der Waals surface area contributed by atoms with E-state index in [2.05, 4.69) is 10.3 Å². The lowest BCUT2D eigenvalue weighted by atomic mass is 10.1. The molecule has 2 rings (SSSR count). The van der Waals surface area contributed by atoms with Crippen LogP contribution in [0.25, 0.3) is 0 Å². The van der Waals surface area contributed by atoms with Crippen molar-refractivity contribution in [3.63, 3.8) is 0 Å². The van der Waals surface area contributed by atoms with Crippen molar-refractivity contribution in [2.45, 2.75) is 39.3 Å². The molecule has 0 saturated heterocycles. The second kappa shape index (κ2) is 12.8. The van der Waals surface area contributed by atoms with E-state index in [-0.39, 0.29) is 18.4 Å². The van der Waals surface area contributed by atoms with E-state index in [0.717, 1.165) is 11.3 Å². The van der Waals surface area contributed by atoms with Gasteiger partial charge in [0.25, 0.3) is 5.91 Å². The van der Waals surface area contributed by atoms with Gasteiger partial charge in [0, 0.05) is 18.0 Å². The fraction of sp³-hybridized carbons (Fsp3) is 0.318. The van der Waals surface area contributed by atoms with Crippen LogP contribution < -0.4 is 21.5 Å². The molecule has 1 atom stereocenters. The summed E-state index contributed by atoms with van der Waals surface area (Å²) in [7, 11) is 0. The first kappa shape index (κ1) is 24.5. The quantitative estimate of drug-likeness (QED) is 0.385. The lowest BCUT2D eigenvalue weighted by molar-refractivity contribution is -0.139. The van der Waals surface area contributed by atoms with Crippen molar-refractivity contribution in [2.24, 2.45) is 16.5 Å². The van der Waals surface area contributed by atoms with Gasteiger partial charge in [-0.15, -0.1) is 0 Å². The molecule has 0 aliphatic heterocycles. The second-order valence-corrected chi connectivity index (χ2v) is 6.66. The first-order valence-electron chi connectivity index (χ1n) is 9.62. The zero-order valence-corrected chi connectivity index (χ0v) is 17.5. The number of carboxylic acids is 1. The number of carbonyl (C=O) groups excluding carboxylic acids is 1. The van der Waals surface area contributed by atoms with Gasteiger partial charge < -0.3 is 26.6 Å². The highest BCUT2D eigenvalue weighted by atomic mass is 16.5. The van der Waals surface area contributed by atoms with Crippen molar-refractivity contribution >= 4 is 17.8 Å². The summed E-state index contributed by atoms with van der Waals surface area (Å²) in [5.41, 5.74) is 11.3. The van der Waals surface area contributed by atoms with Gasteiger partial charge in [-0.2, -0.15) is 0 Å². The Bertz CT molecular complexity index is 817. The van der Waals surface area contributed by atoms with Crippen LogP contribution in [0, 0.1) is 0 Å². The van der Waals surface area contributed by atoms with Gasteiger partial charge in [-0.1, -0.05) is 30.3 Å². The average Bonchev–Trinajstić information content (AvgIpc) is 2.69. The molecule has 2 aromatic carbocycles. The third-order valence-electron chi connectivity index (χ3n) is 3.72. The third-order valence-corrected chi connectivity index (χ3v) is 3.72. The van der Waals surface area contributed by atoms with Crippen LogP contribution in [0.4, 0.5) is 0 Å². The molecule has 2 aromatic rings. The number of carboxylic acid groups (broad SMARTS) is 1. The van der Waals surface area contributed by atoms with Gasteiger partial charge in [0.1, 0.15) is 11.8 Å². The Labute approximate surface area is 176 Å². The maximum atomic E-state index is 12.1. The number of nitrogens with zero attached hydrogens (tertiary/aromatic N) is 1. The molecule has 0 fully saturated rings. The number of rotatable bonds is 8. The van der Waals surface area contributed by atoms with Gasteiger partial charge in [0.15, 0.2) is 5.96 Å². The van der Waals surface area contributed by atoms with E-state index >= 15 is 0 Å². The summed E-state index contributed by atoms with van der Waals surface area (Å²) in [5, 5.41) is 11.9. The highest BCUT2D eigenvalue weighted by molar-refractivity contribution is 5.96. The number of aliphatic imine (C=N–C) groups is 1. The maximum Gasteiger partial charge on any atom is 0.326 e. The minimum absolute atomic E-state index is 0.162. The molecule has 8 nitrogen and oxygen atoms in total. The predicted molar refractivity (Wildman–Crippen MR) is 118 cm³/mol. The van der Waals surface area contributed by atoms with Crippen molar-refractivity contribution < 1.29 is 19.4 Å². The number of nitrogens with one attached hydrogen (secondary N) is 1. The Kier molecular flexibility index (Phi) is 10.5. The Balaban J connectivity index is 0.000000553. The molecule has 0 radical (unpaired) electrons. The normalized spacial score (nSPS) is 10.9. The van der Waals surface area contributed by atoms with Crippen LogP contribution in [0.2, 0.25) is 0 Å². The highest BCUT2D eigenvalue weighted by Crippen LogP contribution is 2.14. The fourth-order valence-corrected chi connectivity index (χ4v) is 2.45. The molecule has 0 bridgehead atoms. The molecule has 0 saturated carbocycles. The van der Waals surface area contributed by atoms with Crippen LogP contribution in [0.3, 0.4) is 0 Å². The number of hydrogen-bond acceptors (Lipinski definition) is 4. The van der Waals surface area contributed by atoms with Crippen LogP contribution in [0.15, 0.2) is 59.6 Å². The van der Waals surface area contributed by atoms with E-state index in [1.807, 2.05) is 20.8 Å². The van der Waals surface area contributed by atoms with Gasteiger partial charge >= 0.3 is 5.97 Å². The number of amides is 1. The van der Waals surface area contributed by atoms with Gasteiger partial charge in [0.05, 0.1) is 6.61 Å². The molecule has 30 heavy (non-hydrogen) atoms. The number of benzene rings is 2. The SMILES string of the molecule is CC(C)N=C(N)N.CCOc1ccc(C[C@H](NC(=O)c2ccccc2)C(=O)O)cc1. The zero-order valence-electron chi connectivity index (χ0n) is 17.5. The summed E-state index contributed by atoms with van der Waals surface area (Å²) in [6, 6.07) is 15.0. The van der Waals surface area contributed by atoms with Gasteiger partial charge in [-0.25, -0.2) is 4.79 Å². The first-order valence-corrected chi connectivity index (χ1v) is 9.62. The van der Waals surface area contributed by atoms with E-state index in [0.29, 0.717) is 12.2 Å². The van der Waals surface area contributed by atoms with E-state index in [1.54, 1.807) is 54.6 Å². The lowest BCUT2D eigenvalue weighted by Crippen LogP contribution is -2.42. The van der Waals surface area contributed by atoms with E-state index < -0.39 is 17.9 Å². The standard InChI is InChI=1S/C18H19NO4.C4H11N3/c1-2-23-15-10-8-13(9-11-15)12-16(18(21)22)19-17(20)14-6-4-3-5-7-14;1-3(2)7-4(5)6/h3-11,16H,2,12H2,1H3,(H,19,20)(H,21,22);3H,1-2H3,(H4,5,6,7)/t16-;/m0./s1. The summed E-state index contributed by atoms with van der Waals surface area (Å²) in [5.74, 6) is -0.571. The second-order valence-electron chi connectivity index (χ2n) is 6.66. The summed E-state index contributed by atoms with van der Waals surface area (Å²) < 4.78 is 5.35. The molecule has 0 unspecified atom stereocenters. The number of guanidine groups is 1. The minimum atomic E-state index is -1.07. The van der Waals surface area contributed by atoms with E-state index in [9.17, 15) is 14.7 Å². The fourth-order valence-electron chi connectivity index (χ4n) is 2.45. The van der Waals surface area contributed by atoms with Gasteiger partial charge in [0.2, 0.25) is 0 Å². The molecule has 0 heterocycles. The summed E-state index contributed by atoms with van der Waals surface area (Å²) in [6.07, 6.45) is 0.209. The highest BCUT2D eigenvalue weighted by Gasteiger charge is 2.21. The Hall–Kier alpha value is -3.55. The molecule has 1 amide bonds. The van der Waals surface area contributed by atoms with E-state index in [1.165, 1.54) is 0 Å². The third kappa shape index (κ3) is 9.59. The van der Waals surface area contributed by atoms with Crippen LogP contribution in [-0.4, -0.2) is 41.6 Å². The first-order chi connectivity index (χ1) is 14.2. The number of carbonyl (C=O) groups is 2. The molecule has 0 aliphatic rings. The number of ether oxygens (including phenoxy) is 1. The van der Waals surface area contributed by atoms with Gasteiger partial charge in [-0.3, -0.25) is 9.79 Å². The number of hydrogen-bond donors (Lipinski definition) is 4. The van der Waals surface area contributed by atoms with E-state index in [4.69, 9.17) is 16.2 Å². The maximum absolute atomic E-state index is 12.1. The molecule has 162 valence electrons. The van der Waals surface area contributed by atoms with Gasteiger partial charge in [-0.05, 0) is 50.6 Å². The average molecular weight is 415 g/mol. The topological polar surface area (TPSA) is 140 Å². The minimum Gasteiger partial charge on any atom is -0.494 e. The predicted octanol–water partition coefficient (Wildman–Crippen LogP) is 2.18. The number of aliphatic carboxylic acids is 1. The van der Waals surface area contributed by atoms with Crippen LogP contribution in [-0.2, 0) is 11.2 Å². The Morgan fingerprint density at radius 3 is 2.10 bits per heavy atom. The van der Waals surface area contributed by atoms with Crippen molar-refractivity contribution in [2.75, 3.05) is 6.61 Å². The Morgan fingerprint density at radius 1 is 1.07 bits per heavy atom. The summed E-state index contributed by atoms with van der Waals surface area (Å²) >= 11 is 0. The summed E-state index contributed by atoms with van der Waals surface area (Å²) in [4.78, 5) is 27.2. The van der Waals surface area contributed by atoms with Crippen molar-refractivity contribution in [1.82, 2.24) is 5.32 Å². The van der Waals surface area contributed by atoms with Crippen LogP contribution >= 0.6 is 0 Å². The molecular formula is C22H30N4O4. The van der Waals surface area contributed by atoms with Crippen LogP contribution in [0.5, 0.6) is 5.75 Å². The lowest BCUT2D eigenvalue weighted by Gasteiger charge is -2.15. The molecule has 6 N–H and O–H groups in total. The van der Waals surface area contributed by atoms with Crippen LogP contribution in [0.1, 0.15) is 36.7 Å². The van der Waals surface area contributed by atoms with Crippen molar-refractivity contribution in [3.8, 4) is 5.75 Å². The number of nitrogens with two attached hydrogens (primary N) is 2. The smallest absolute Gasteiger partial charge is 0.326 e. The molecular weight excluding hydrogens is 384 g/mol. The van der Waals surface area contributed by atoms with Crippen molar-refractivity contribution in [3.05, 3.63) is 65.7 Å². The molecule has 0 aromatic heterocycles. The molecule has 0 aliphatic carbocycles. The largest absolute Gasteiger partial charge is 0.494 e. The molecule has 8 heteroatoms. The monoisotopic (exact) mass is 414 g/mol. The summed E-state index contributed by atoms with van der Waals surface area (Å²) in [6.45, 7) is 6.30. The Morgan fingerprint density at radius 2 is 1.67 bits per heavy atom. The van der Waals surface area contributed by atoms with Crippen molar-refractivity contribution in [1.29, 1.82) is 0 Å².